The van der Waals surface area contributed by atoms with Gasteiger partial charge in [0.25, 0.3) is 0 Å². The molecular formula is C65H44N2O. The molecule has 14 rings (SSSR count). The molecule has 0 spiro atoms. The Balaban J connectivity index is 1.10. The molecule has 3 nitrogen and oxygen atoms in total. The summed E-state index contributed by atoms with van der Waals surface area (Å²) < 4.78 is 9.30. The summed E-state index contributed by atoms with van der Waals surface area (Å²) in [5.74, 6) is 0. The molecule has 2 heterocycles. The summed E-state index contributed by atoms with van der Waals surface area (Å²) in [6.07, 6.45) is 0. The molecule has 0 saturated heterocycles. The molecule has 0 amide bonds. The number of anilines is 3. The molecule has 2 aromatic heterocycles. The van der Waals surface area contributed by atoms with Crippen molar-refractivity contribution in [2.24, 2.45) is 0 Å². The summed E-state index contributed by atoms with van der Waals surface area (Å²) >= 11 is 0. The monoisotopic (exact) mass is 868 g/mol. The first-order valence-electron chi connectivity index (χ1n) is 23.6. The van der Waals surface area contributed by atoms with Crippen LogP contribution in [0.1, 0.15) is 25.0 Å². The second-order valence-corrected chi connectivity index (χ2v) is 18.8. The van der Waals surface area contributed by atoms with Crippen LogP contribution in [0.5, 0.6) is 0 Å². The van der Waals surface area contributed by atoms with Crippen molar-refractivity contribution in [2.75, 3.05) is 4.90 Å². The maximum absolute atomic E-state index is 6.87. The van der Waals surface area contributed by atoms with Crippen LogP contribution >= 0.6 is 0 Å². The van der Waals surface area contributed by atoms with E-state index < -0.39 is 0 Å². The smallest absolute Gasteiger partial charge is 0.138 e. The number of rotatable bonds is 6. The molecule has 0 saturated carbocycles. The number of hydrogen-bond donors (Lipinski definition) is 0. The fourth-order valence-electron chi connectivity index (χ4n) is 11.6. The normalized spacial score (nSPS) is 13.0. The van der Waals surface area contributed by atoms with E-state index in [2.05, 4.69) is 254 Å². The van der Waals surface area contributed by atoms with Gasteiger partial charge in [0.2, 0.25) is 0 Å². The molecule has 13 aromatic rings. The van der Waals surface area contributed by atoms with Crippen molar-refractivity contribution in [1.29, 1.82) is 0 Å². The number of benzene rings is 11. The zero-order valence-electron chi connectivity index (χ0n) is 37.7. The summed E-state index contributed by atoms with van der Waals surface area (Å²) in [4.78, 5) is 2.47. The van der Waals surface area contributed by atoms with E-state index in [0.717, 1.165) is 55.7 Å². The molecule has 1 aliphatic carbocycles. The molecule has 320 valence electrons. The molecule has 0 fully saturated rings. The van der Waals surface area contributed by atoms with Gasteiger partial charge in [-0.1, -0.05) is 178 Å². The van der Waals surface area contributed by atoms with Gasteiger partial charge in [0.1, 0.15) is 11.2 Å². The van der Waals surface area contributed by atoms with Gasteiger partial charge in [0, 0.05) is 61.0 Å². The predicted octanol–water partition coefficient (Wildman–Crippen LogP) is 18.1. The van der Waals surface area contributed by atoms with Crippen LogP contribution in [0.2, 0.25) is 0 Å². The fourth-order valence-corrected chi connectivity index (χ4v) is 11.6. The lowest BCUT2D eigenvalue weighted by Gasteiger charge is -2.28. The largest absolute Gasteiger partial charge is 0.456 e. The number of para-hydroxylation sites is 2. The van der Waals surface area contributed by atoms with E-state index in [1.807, 2.05) is 0 Å². The molecule has 0 radical (unpaired) electrons. The minimum atomic E-state index is -0.169. The topological polar surface area (TPSA) is 21.3 Å². The third-order valence-corrected chi connectivity index (χ3v) is 14.7. The van der Waals surface area contributed by atoms with Gasteiger partial charge in [-0.05, 0) is 116 Å². The molecule has 0 aliphatic heterocycles. The number of aromatic nitrogens is 1. The van der Waals surface area contributed by atoms with E-state index in [4.69, 9.17) is 4.42 Å². The number of furan rings is 1. The Morgan fingerprint density at radius 1 is 0.397 bits per heavy atom. The van der Waals surface area contributed by atoms with Gasteiger partial charge in [-0.25, -0.2) is 0 Å². The minimum absolute atomic E-state index is 0.169. The first-order chi connectivity index (χ1) is 33.5. The van der Waals surface area contributed by atoms with E-state index in [1.54, 1.807) is 0 Å². The third kappa shape index (κ3) is 5.66. The number of hydrogen-bond acceptors (Lipinski definition) is 2. The van der Waals surface area contributed by atoms with Crippen LogP contribution in [0.15, 0.2) is 235 Å². The molecule has 68 heavy (non-hydrogen) atoms. The van der Waals surface area contributed by atoms with Crippen LogP contribution in [-0.4, -0.2) is 4.57 Å². The summed E-state index contributed by atoms with van der Waals surface area (Å²) in [7, 11) is 0. The van der Waals surface area contributed by atoms with E-state index >= 15 is 0 Å². The lowest BCUT2D eigenvalue weighted by atomic mass is 9.81. The summed E-state index contributed by atoms with van der Waals surface area (Å²) in [5, 5.41) is 9.48. The highest BCUT2D eigenvalue weighted by atomic mass is 16.3. The van der Waals surface area contributed by atoms with Gasteiger partial charge in [-0.2, -0.15) is 0 Å². The Hall–Kier alpha value is -8.66. The Morgan fingerprint density at radius 3 is 1.85 bits per heavy atom. The van der Waals surface area contributed by atoms with Crippen molar-refractivity contribution in [3.8, 4) is 39.1 Å². The molecule has 1 aliphatic rings. The molecule has 0 bridgehead atoms. The van der Waals surface area contributed by atoms with E-state index in [1.165, 1.54) is 76.8 Å². The minimum Gasteiger partial charge on any atom is -0.456 e. The lowest BCUT2D eigenvalue weighted by molar-refractivity contribution is 0.660. The van der Waals surface area contributed by atoms with Crippen LogP contribution < -0.4 is 4.90 Å². The Kier molecular flexibility index (Phi) is 8.33. The first kappa shape index (κ1) is 38.6. The summed E-state index contributed by atoms with van der Waals surface area (Å²) in [5.41, 5.74) is 18.3. The van der Waals surface area contributed by atoms with Gasteiger partial charge < -0.3 is 13.9 Å². The highest BCUT2D eigenvalue weighted by molar-refractivity contribution is 6.27. The van der Waals surface area contributed by atoms with Crippen LogP contribution in [0.3, 0.4) is 0 Å². The first-order valence-corrected chi connectivity index (χ1v) is 23.6. The average molecular weight is 869 g/mol. The van der Waals surface area contributed by atoms with Crippen molar-refractivity contribution in [2.45, 2.75) is 19.3 Å². The lowest BCUT2D eigenvalue weighted by Crippen LogP contribution is -2.14. The Labute approximate surface area is 394 Å². The SMILES string of the molecule is CC1(C)c2ccccc2-c2ccc(-c3c4c(cc5c3c3cc(N(c6ccc(-c7ccccc7)cc6)c6cc7ccccc7c7ccccc67)ccc3n5-c3ccccc3)oc3ccccc34)cc21. The second kappa shape index (κ2) is 14.7. The van der Waals surface area contributed by atoms with Crippen molar-refractivity contribution in [1.82, 2.24) is 4.57 Å². The van der Waals surface area contributed by atoms with Gasteiger partial charge in [-0.3, -0.25) is 0 Å². The molecule has 0 unspecified atom stereocenters. The summed E-state index contributed by atoms with van der Waals surface area (Å²) in [6, 6.07) is 84.5. The zero-order chi connectivity index (χ0) is 45.1. The Bertz CT molecular complexity index is 4160. The van der Waals surface area contributed by atoms with Crippen LogP contribution in [0, 0.1) is 0 Å². The average Bonchev–Trinajstić information content (AvgIpc) is 4.01. The van der Waals surface area contributed by atoms with Crippen molar-refractivity contribution >= 4 is 82.4 Å². The van der Waals surface area contributed by atoms with Gasteiger partial charge in [0.15, 0.2) is 0 Å². The number of nitrogens with zero attached hydrogens (tertiary/aromatic N) is 2. The molecule has 0 atom stereocenters. The molecule has 11 aromatic carbocycles. The van der Waals surface area contributed by atoms with Crippen molar-refractivity contribution in [3.63, 3.8) is 0 Å². The maximum Gasteiger partial charge on any atom is 0.138 e. The fraction of sp³-hybridized carbons (Fsp3) is 0.0462. The standard InChI is InChI=1S/C65H44N2O/c1-65(2)55-27-15-13-24-50(55)51-35-31-44(37-56(51)65)62-63-54-39-47(34-36-57(54)67(45-20-7-4-8-21-45)59(63)40-61-64(62)53-26-14-16-28-60(53)68-61)66(46-32-29-42(30-33-46)41-17-5-3-6-18-41)58-38-43-19-9-10-22-48(43)49-23-11-12-25-52(49)58/h3-40H,1-2H3. The van der Waals surface area contributed by atoms with Gasteiger partial charge >= 0.3 is 0 Å². The zero-order valence-corrected chi connectivity index (χ0v) is 37.7. The van der Waals surface area contributed by atoms with Crippen molar-refractivity contribution < 1.29 is 4.42 Å². The molecule has 3 heteroatoms. The van der Waals surface area contributed by atoms with Gasteiger partial charge in [0.05, 0.1) is 16.7 Å². The molecular weight excluding hydrogens is 825 g/mol. The summed E-state index contributed by atoms with van der Waals surface area (Å²) in [6.45, 7) is 4.74. The Morgan fingerprint density at radius 2 is 1.03 bits per heavy atom. The quantitative estimate of drug-likeness (QED) is 0.155. The number of fused-ring (bicyclic) bond motifs is 12. The second-order valence-electron chi connectivity index (χ2n) is 18.8. The highest BCUT2D eigenvalue weighted by Crippen LogP contribution is 2.53. The molecule has 0 N–H and O–H groups in total. The van der Waals surface area contributed by atoms with Crippen LogP contribution in [0.25, 0.3) is 104 Å². The highest BCUT2D eigenvalue weighted by Gasteiger charge is 2.36. The predicted molar refractivity (Wildman–Crippen MR) is 286 cm³/mol. The van der Waals surface area contributed by atoms with E-state index in [9.17, 15) is 0 Å². The van der Waals surface area contributed by atoms with Crippen LogP contribution in [0.4, 0.5) is 17.1 Å². The maximum atomic E-state index is 6.87. The van der Waals surface area contributed by atoms with E-state index in [-0.39, 0.29) is 5.41 Å². The van der Waals surface area contributed by atoms with Crippen LogP contribution in [-0.2, 0) is 5.41 Å². The van der Waals surface area contributed by atoms with Gasteiger partial charge in [-0.15, -0.1) is 0 Å². The van der Waals surface area contributed by atoms with Crippen molar-refractivity contribution in [3.05, 3.63) is 242 Å². The van der Waals surface area contributed by atoms with E-state index in [0.29, 0.717) is 0 Å². The third-order valence-electron chi connectivity index (χ3n) is 14.7.